The Kier molecular flexibility index (Phi) is 11.0. The maximum Gasteiger partial charge on any atom is 0.309 e. The van der Waals surface area contributed by atoms with Crippen LogP contribution in [0.2, 0.25) is 0 Å². The first-order valence-electron chi connectivity index (χ1n) is 9.81. The van der Waals surface area contributed by atoms with E-state index in [1.54, 1.807) is 0 Å². The summed E-state index contributed by atoms with van der Waals surface area (Å²) in [6.45, 7) is 8.16. The van der Waals surface area contributed by atoms with Gasteiger partial charge in [-0.2, -0.15) is 0 Å². The lowest BCUT2D eigenvalue weighted by molar-refractivity contribution is -0.156. The van der Waals surface area contributed by atoms with Gasteiger partial charge in [0.25, 0.3) is 0 Å². The molecule has 0 saturated carbocycles. The largest absolute Gasteiger partial charge is 0.481 e. The Morgan fingerprint density at radius 2 is 0.917 bits per heavy atom. The van der Waals surface area contributed by atoms with Crippen molar-refractivity contribution in [1.29, 1.82) is 0 Å². The highest BCUT2D eigenvalue weighted by molar-refractivity contribution is 5.76. The van der Waals surface area contributed by atoms with Gasteiger partial charge in [-0.15, -0.1) is 0 Å². The van der Waals surface area contributed by atoms with Crippen molar-refractivity contribution in [3.05, 3.63) is 0 Å². The van der Waals surface area contributed by atoms with Gasteiger partial charge >= 0.3 is 11.9 Å². The summed E-state index contributed by atoms with van der Waals surface area (Å²) in [6, 6.07) is 0. The summed E-state index contributed by atoms with van der Waals surface area (Å²) in [7, 11) is 0. The molecule has 0 aliphatic carbocycles. The average Bonchev–Trinajstić information content (AvgIpc) is 2.54. The molecule has 0 heterocycles. The van der Waals surface area contributed by atoms with Crippen molar-refractivity contribution in [2.24, 2.45) is 10.8 Å². The van der Waals surface area contributed by atoms with Gasteiger partial charge in [0, 0.05) is 0 Å². The van der Waals surface area contributed by atoms with E-state index >= 15 is 0 Å². The molecule has 0 bridgehead atoms. The first-order chi connectivity index (χ1) is 11.3. The molecule has 0 aromatic heterocycles. The molecule has 0 spiro atoms. The van der Waals surface area contributed by atoms with Crippen LogP contribution in [0.5, 0.6) is 0 Å². The van der Waals surface area contributed by atoms with Crippen LogP contribution in [-0.4, -0.2) is 22.2 Å². The molecule has 0 aliphatic rings. The molecule has 4 heteroatoms. The Morgan fingerprint density at radius 1 is 0.583 bits per heavy atom. The quantitative estimate of drug-likeness (QED) is 0.389. The van der Waals surface area contributed by atoms with Gasteiger partial charge in [0.2, 0.25) is 0 Å². The van der Waals surface area contributed by atoms with Crippen LogP contribution < -0.4 is 0 Å². The van der Waals surface area contributed by atoms with Crippen LogP contribution in [0.3, 0.4) is 0 Å². The van der Waals surface area contributed by atoms with Crippen LogP contribution in [0.1, 0.15) is 105 Å². The van der Waals surface area contributed by atoms with Crippen molar-refractivity contribution < 1.29 is 19.8 Å². The van der Waals surface area contributed by atoms with Crippen LogP contribution in [0.25, 0.3) is 0 Å². The molecule has 0 fully saturated rings. The normalized spacial score (nSPS) is 16.3. The van der Waals surface area contributed by atoms with E-state index < -0.39 is 22.8 Å². The van der Waals surface area contributed by atoms with E-state index in [9.17, 15) is 19.8 Å². The van der Waals surface area contributed by atoms with Crippen LogP contribution in [0, 0.1) is 10.8 Å². The van der Waals surface area contributed by atoms with E-state index in [0.717, 1.165) is 38.5 Å². The molecule has 0 aromatic rings. The van der Waals surface area contributed by atoms with Crippen molar-refractivity contribution >= 4 is 11.9 Å². The molecular formula is C20H38O4. The highest BCUT2D eigenvalue weighted by atomic mass is 16.4. The number of carboxylic acids is 2. The zero-order valence-electron chi connectivity index (χ0n) is 16.2. The van der Waals surface area contributed by atoms with Gasteiger partial charge in [0.05, 0.1) is 10.8 Å². The average molecular weight is 343 g/mol. The van der Waals surface area contributed by atoms with Gasteiger partial charge in [0.15, 0.2) is 0 Å². The number of rotatable bonds is 15. The second-order valence-electron chi connectivity index (χ2n) is 7.38. The highest BCUT2D eigenvalue weighted by Gasteiger charge is 2.43. The highest BCUT2D eigenvalue weighted by Crippen LogP contribution is 2.43. The first-order valence-corrected chi connectivity index (χ1v) is 9.81. The molecule has 142 valence electrons. The number of aliphatic carboxylic acids is 2. The van der Waals surface area contributed by atoms with Crippen LogP contribution in [-0.2, 0) is 9.59 Å². The molecule has 2 N–H and O–H groups in total. The van der Waals surface area contributed by atoms with Crippen molar-refractivity contribution in [3.63, 3.8) is 0 Å². The van der Waals surface area contributed by atoms with Gasteiger partial charge in [-0.25, -0.2) is 0 Å². The molecule has 2 unspecified atom stereocenters. The van der Waals surface area contributed by atoms with Gasteiger partial charge in [0.1, 0.15) is 0 Å². The Morgan fingerprint density at radius 3 is 1.12 bits per heavy atom. The topological polar surface area (TPSA) is 74.6 Å². The van der Waals surface area contributed by atoms with Gasteiger partial charge in [-0.05, 0) is 38.5 Å². The van der Waals surface area contributed by atoms with Gasteiger partial charge in [-0.3, -0.25) is 9.59 Å². The molecule has 2 atom stereocenters. The lowest BCUT2D eigenvalue weighted by atomic mass is 9.68. The molecule has 0 saturated heterocycles. The molecule has 0 aliphatic heterocycles. The Labute approximate surface area is 148 Å². The van der Waals surface area contributed by atoms with Crippen molar-refractivity contribution in [2.75, 3.05) is 0 Å². The third-order valence-corrected chi connectivity index (χ3v) is 5.46. The monoisotopic (exact) mass is 342 g/mol. The van der Waals surface area contributed by atoms with Gasteiger partial charge < -0.3 is 10.2 Å². The first kappa shape index (κ1) is 22.9. The minimum absolute atomic E-state index is 0.478. The van der Waals surface area contributed by atoms with E-state index in [1.165, 1.54) is 0 Å². The molecule has 4 nitrogen and oxygen atoms in total. The van der Waals surface area contributed by atoms with E-state index in [0.29, 0.717) is 38.5 Å². The number of hydrogen-bond acceptors (Lipinski definition) is 2. The summed E-state index contributed by atoms with van der Waals surface area (Å²) in [5.74, 6) is -1.49. The second kappa shape index (κ2) is 11.5. The zero-order chi connectivity index (χ0) is 18.6. The molecule has 24 heavy (non-hydrogen) atoms. The third kappa shape index (κ3) is 6.45. The van der Waals surface area contributed by atoms with E-state index in [2.05, 4.69) is 13.8 Å². The van der Waals surface area contributed by atoms with E-state index in [4.69, 9.17) is 0 Å². The summed E-state index contributed by atoms with van der Waals surface area (Å²) in [6.07, 6.45) is 8.88. The minimum atomic E-state index is -0.759. The maximum atomic E-state index is 12.0. The molecule has 0 amide bonds. The lowest BCUT2D eigenvalue weighted by Gasteiger charge is -2.35. The minimum Gasteiger partial charge on any atom is -0.481 e. The molecule has 0 rings (SSSR count). The smallest absolute Gasteiger partial charge is 0.309 e. The van der Waals surface area contributed by atoms with Crippen LogP contribution >= 0.6 is 0 Å². The third-order valence-electron chi connectivity index (χ3n) is 5.46. The van der Waals surface area contributed by atoms with Crippen LogP contribution in [0.15, 0.2) is 0 Å². The predicted octanol–water partition coefficient (Wildman–Crippen LogP) is 5.89. The number of carbonyl (C=O) groups is 2. The van der Waals surface area contributed by atoms with Gasteiger partial charge in [-0.1, -0.05) is 66.2 Å². The van der Waals surface area contributed by atoms with Crippen molar-refractivity contribution in [1.82, 2.24) is 0 Å². The fourth-order valence-electron chi connectivity index (χ4n) is 3.86. The summed E-state index contributed by atoms with van der Waals surface area (Å²) in [5.41, 5.74) is -1.52. The summed E-state index contributed by atoms with van der Waals surface area (Å²) >= 11 is 0. The van der Waals surface area contributed by atoms with Crippen molar-refractivity contribution in [2.45, 2.75) is 105 Å². The number of unbranched alkanes of at least 4 members (excludes halogenated alkanes) is 2. The number of hydrogen-bond donors (Lipinski definition) is 2. The Balaban J connectivity index is 5.39. The number of carboxylic acid groups (broad SMARTS) is 2. The summed E-state index contributed by atoms with van der Waals surface area (Å²) < 4.78 is 0. The summed E-state index contributed by atoms with van der Waals surface area (Å²) in [5, 5.41) is 19.8. The zero-order valence-corrected chi connectivity index (χ0v) is 16.2. The van der Waals surface area contributed by atoms with Crippen LogP contribution in [0.4, 0.5) is 0 Å². The SMILES string of the molecule is CCCCC(CCC)(CCC(CCC)(CCCC)C(=O)O)C(=O)O. The Hall–Kier alpha value is -1.06. The second-order valence-corrected chi connectivity index (χ2v) is 7.38. The van der Waals surface area contributed by atoms with E-state index in [1.807, 2.05) is 13.8 Å². The standard InChI is InChI=1S/C20H38O4/c1-5-9-13-19(11-7-3,17(21)22)15-16-20(12-8-4,18(23)24)14-10-6-2/h5-16H2,1-4H3,(H,21,22)(H,23,24). The maximum absolute atomic E-state index is 12.0. The fraction of sp³-hybridized carbons (Fsp3) is 0.900. The van der Waals surface area contributed by atoms with E-state index in [-0.39, 0.29) is 0 Å². The molecular weight excluding hydrogens is 304 g/mol. The fourth-order valence-corrected chi connectivity index (χ4v) is 3.86. The summed E-state index contributed by atoms with van der Waals surface area (Å²) in [4.78, 5) is 24.1. The Bertz CT molecular complexity index is 344. The predicted molar refractivity (Wildman–Crippen MR) is 98.2 cm³/mol. The molecule has 0 aromatic carbocycles. The molecule has 0 radical (unpaired) electrons. The van der Waals surface area contributed by atoms with Crippen molar-refractivity contribution in [3.8, 4) is 0 Å². The lowest BCUT2D eigenvalue weighted by Crippen LogP contribution is -2.37.